The third kappa shape index (κ3) is 4.52. The van der Waals surface area contributed by atoms with Gasteiger partial charge in [0.05, 0.1) is 18.0 Å². The van der Waals surface area contributed by atoms with Gasteiger partial charge in [0.2, 0.25) is 11.8 Å². The number of aliphatic carboxylic acids is 1. The number of benzene rings is 2. The second-order valence-corrected chi connectivity index (χ2v) is 8.97. The lowest BCUT2D eigenvalue weighted by molar-refractivity contribution is -0.131. The zero-order valence-electron chi connectivity index (χ0n) is 20.1. The fraction of sp³-hybridized carbons (Fsp3) is 0.207. The predicted molar refractivity (Wildman–Crippen MR) is 138 cm³/mol. The second kappa shape index (κ2) is 9.77. The smallest absolute Gasteiger partial charge is 0.328 e. The van der Waals surface area contributed by atoms with Crippen LogP contribution in [-0.4, -0.2) is 33.4 Å². The van der Waals surface area contributed by atoms with Crippen molar-refractivity contribution in [2.24, 2.45) is 5.92 Å². The van der Waals surface area contributed by atoms with E-state index in [4.69, 9.17) is 9.84 Å². The molecule has 1 aliphatic rings. The molecule has 2 heterocycles. The first-order chi connectivity index (χ1) is 17.4. The summed E-state index contributed by atoms with van der Waals surface area (Å²) in [6.45, 7) is 1.98. The number of ether oxygens (including phenoxy) is 1. The first-order valence-electron chi connectivity index (χ1n) is 11.9. The number of hydrogen-bond donors (Lipinski definition) is 2. The topological polar surface area (TPSA) is 88.1 Å². The number of carboxylic acid groups (broad SMARTS) is 1. The summed E-state index contributed by atoms with van der Waals surface area (Å²) in [6, 6.07) is 17.3. The first kappa shape index (κ1) is 23.5. The summed E-state index contributed by atoms with van der Waals surface area (Å²) in [5, 5.41) is 15.9. The van der Waals surface area contributed by atoms with Crippen LogP contribution in [0.4, 0.5) is 4.39 Å². The third-order valence-electron chi connectivity index (χ3n) is 6.77. The number of nitrogens with zero attached hydrogens (tertiary/aromatic N) is 2. The number of aromatic amines is 1. The van der Waals surface area contributed by atoms with Crippen LogP contribution in [0.5, 0.6) is 5.88 Å². The summed E-state index contributed by atoms with van der Waals surface area (Å²) in [5.41, 5.74) is 7.35. The second-order valence-electron chi connectivity index (χ2n) is 8.97. The number of carboxylic acids is 1. The van der Waals surface area contributed by atoms with Gasteiger partial charge in [0.1, 0.15) is 0 Å². The lowest BCUT2D eigenvalue weighted by atomic mass is 9.72. The number of halogens is 1. The van der Waals surface area contributed by atoms with Gasteiger partial charge in [-0.1, -0.05) is 36.8 Å². The Kier molecular flexibility index (Phi) is 6.38. The van der Waals surface area contributed by atoms with Gasteiger partial charge in [0.25, 0.3) is 0 Å². The number of rotatable bonds is 7. The van der Waals surface area contributed by atoms with E-state index in [1.165, 1.54) is 5.57 Å². The fourth-order valence-electron chi connectivity index (χ4n) is 4.74. The maximum Gasteiger partial charge on any atom is 0.328 e. The predicted octanol–water partition coefficient (Wildman–Crippen LogP) is 6.27. The molecule has 0 saturated heterocycles. The van der Waals surface area contributed by atoms with E-state index in [1.54, 1.807) is 13.2 Å². The summed E-state index contributed by atoms with van der Waals surface area (Å²) in [5.74, 6) is -0.634. The molecule has 0 amide bonds. The molecule has 0 unspecified atom stereocenters. The zero-order chi connectivity index (χ0) is 25.2. The number of aromatic nitrogens is 3. The number of carbonyl (C=O) groups is 1. The van der Waals surface area contributed by atoms with Gasteiger partial charge in [-0.3, -0.25) is 5.10 Å². The van der Waals surface area contributed by atoms with Crippen LogP contribution in [-0.2, 0) is 4.79 Å². The number of pyridine rings is 1. The van der Waals surface area contributed by atoms with Crippen LogP contribution >= 0.6 is 0 Å². The minimum absolute atomic E-state index is 0.338. The molecule has 2 N–H and O–H groups in total. The van der Waals surface area contributed by atoms with E-state index in [0.717, 1.165) is 58.9 Å². The van der Waals surface area contributed by atoms with Gasteiger partial charge in [-0.15, -0.1) is 5.10 Å². The highest BCUT2D eigenvalue weighted by Gasteiger charge is 2.29. The highest BCUT2D eigenvalue weighted by Crippen LogP contribution is 2.46. The van der Waals surface area contributed by atoms with E-state index in [9.17, 15) is 9.18 Å². The average molecular weight is 484 g/mol. The third-order valence-corrected chi connectivity index (χ3v) is 6.77. The SMILES string of the molecule is COc1ccc(/C(=C(\c2ccc(/C=C/C(=O)O)cc2)c2ccc3[nH]nc(F)c3c2)C2CCC2)c(C)n1. The van der Waals surface area contributed by atoms with Crippen molar-refractivity contribution in [3.63, 3.8) is 0 Å². The summed E-state index contributed by atoms with van der Waals surface area (Å²) in [7, 11) is 1.60. The number of fused-ring (bicyclic) bond motifs is 1. The van der Waals surface area contributed by atoms with Crippen molar-refractivity contribution >= 4 is 34.1 Å². The minimum Gasteiger partial charge on any atom is -0.481 e. The Balaban J connectivity index is 1.76. The number of H-pyrrole nitrogens is 1. The van der Waals surface area contributed by atoms with Crippen molar-refractivity contribution in [2.45, 2.75) is 26.2 Å². The van der Waals surface area contributed by atoms with Gasteiger partial charge < -0.3 is 9.84 Å². The van der Waals surface area contributed by atoms with Crippen molar-refractivity contribution in [2.75, 3.05) is 7.11 Å². The van der Waals surface area contributed by atoms with E-state index in [-0.39, 0.29) is 0 Å². The normalized spacial score (nSPS) is 14.6. The molecule has 7 heteroatoms. The van der Waals surface area contributed by atoms with Crippen molar-refractivity contribution in [3.8, 4) is 5.88 Å². The molecule has 2 aromatic heterocycles. The Morgan fingerprint density at radius 3 is 2.50 bits per heavy atom. The molecule has 36 heavy (non-hydrogen) atoms. The van der Waals surface area contributed by atoms with Crippen LogP contribution in [0.25, 0.3) is 28.1 Å². The standard InChI is InChI=1S/C29H26FN3O3/c1-17-22(12-14-25(31-17)36-2)28(19-4-3-5-19)27(20-9-6-18(7-10-20)8-15-26(34)35)21-11-13-24-23(16-21)29(30)33-32-24/h6-16,19H,3-5H2,1-2H3,(H,32,33)(H,34,35)/b15-8+,28-27+. The van der Waals surface area contributed by atoms with E-state index in [1.807, 2.05) is 55.5 Å². The van der Waals surface area contributed by atoms with Gasteiger partial charge >= 0.3 is 5.97 Å². The molecule has 1 aliphatic carbocycles. The average Bonchev–Trinajstić information content (AvgIpc) is 3.22. The molecule has 0 atom stereocenters. The summed E-state index contributed by atoms with van der Waals surface area (Å²) >= 11 is 0. The molecular weight excluding hydrogens is 457 g/mol. The summed E-state index contributed by atoms with van der Waals surface area (Å²) in [4.78, 5) is 15.6. The summed E-state index contributed by atoms with van der Waals surface area (Å²) < 4.78 is 19.8. The molecule has 6 nitrogen and oxygen atoms in total. The van der Waals surface area contributed by atoms with E-state index in [2.05, 4.69) is 21.2 Å². The van der Waals surface area contributed by atoms with Crippen molar-refractivity contribution in [1.29, 1.82) is 0 Å². The number of methoxy groups -OCH3 is 1. The molecule has 0 radical (unpaired) electrons. The van der Waals surface area contributed by atoms with Gasteiger partial charge in [-0.25, -0.2) is 9.78 Å². The first-order valence-corrected chi connectivity index (χ1v) is 11.9. The molecule has 1 fully saturated rings. The quantitative estimate of drug-likeness (QED) is 0.303. The van der Waals surface area contributed by atoms with Crippen LogP contribution in [0, 0.1) is 18.8 Å². The Bertz CT molecular complexity index is 1500. The van der Waals surface area contributed by atoms with Crippen LogP contribution in [0.1, 0.15) is 47.2 Å². The van der Waals surface area contributed by atoms with Crippen LogP contribution in [0.15, 0.2) is 60.7 Å². The minimum atomic E-state index is -0.996. The monoisotopic (exact) mass is 483 g/mol. The number of nitrogens with one attached hydrogen (secondary N) is 1. The number of hydrogen-bond acceptors (Lipinski definition) is 4. The molecule has 5 rings (SSSR count). The molecule has 2 aromatic carbocycles. The molecule has 0 bridgehead atoms. The van der Waals surface area contributed by atoms with Crippen molar-refractivity contribution in [3.05, 3.63) is 94.6 Å². The number of allylic oxidation sites excluding steroid dienone is 1. The van der Waals surface area contributed by atoms with Crippen LogP contribution in [0.2, 0.25) is 0 Å². The largest absolute Gasteiger partial charge is 0.481 e. The molecule has 0 spiro atoms. The maximum absolute atomic E-state index is 14.5. The Labute approximate surface area is 208 Å². The van der Waals surface area contributed by atoms with Crippen molar-refractivity contribution < 1.29 is 19.0 Å². The Morgan fingerprint density at radius 1 is 1.11 bits per heavy atom. The van der Waals surface area contributed by atoms with Gasteiger partial charge in [-0.2, -0.15) is 4.39 Å². The zero-order valence-corrected chi connectivity index (χ0v) is 20.1. The van der Waals surface area contributed by atoms with E-state index < -0.39 is 11.9 Å². The van der Waals surface area contributed by atoms with Crippen molar-refractivity contribution in [1.82, 2.24) is 15.2 Å². The highest BCUT2D eigenvalue weighted by molar-refractivity contribution is 6.01. The number of aryl methyl sites for hydroxylation is 1. The maximum atomic E-state index is 14.5. The molecule has 1 saturated carbocycles. The van der Waals surface area contributed by atoms with Gasteiger partial charge in [0, 0.05) is 23.4 Å². The Morgan fingerprint density at radius 2 is 1.86 bits per heavy atom. The fourth-order valence-corrected chi connectivity index (χ4v) is 4.74. The molecule has 182 valence electrons. The lowest BCUT2D eigenvalue weighted by Gasteiger charge is -2.32. The molecule has 4 aromatic rings. The van der Waals surface area contributed by atoms with Gasteiger partial charge in [0.15, 0.2) is 0 Å². The Hall–Kier alpha value is -4.26. The lowest BCUT2D eigenvalue weighted by Crippen LogP contribution is -2.16. The van der Waals surface area contributed by atoms with Crippen LogP contribution in [0.3, 0.4) is 0 Å². The van der Waals surface area contributed by atoms with E-state index in [0.29, 0.717) is 22.7 Å². The molecule has 0 aliphatic heterocycles. The highest BCUT2D eigenvalue weighted by atomic mass is 19.1. The van der Waals surface area contributed by atoms with E-state index >= 15 is 0 Å². The summed E-state index contributed by atoms with van der Waals surface area (Å²) in [6.07, 6.45) is 5.96. The van der Waals surface area contributed by atoms with Crippen LogP contribution < -0.4 is 4.74 Å². The molecular formula is C29H26FN3O3. The van der Waals surface area contributed by atoms with Gasteiger partial charge in [-0.05, 0) is 77.8 Å².